The second-order valence-corrected chi connectivity index (χ2v) is 7.64. The van der Waals surface area contributed by atoms with Crippen molar-refractivity contribution >= 4 is 29.0 Å². The number of amides is 2. The highest BCUT2D eigenvalue weighted by Crippen LogP contribution is 2.23. The van der Waals surface area contributed by atoms with Crippen LogP contribution in [0.1, 0.15) is 52.0 Å². The van der Waals surface area contributed by atoms with Crippen LogP contribution in [0.5, 0.6) is 0 Å². The number of anilines is 2. The molecule has 0 saturated carbocycles. The van der Waals surface area contributed by atoms with Gasteiger partial charge in [-0.2, -0.15) is 0 Å². The first-order valence-corrected chi connectivity index (χ1v) is 10.4. The lowest BCUT2D eigenvalue weighted by molar-refractivity contribution is -0.116. The minimum atomic E-state index is -0.247. The molecule has 0 aliphatic heterocycles. The third kappa shape index (κ3) is 5.25. The summed E-state index contributed by atoms with van der Waals surface area (Å²) in [6.07, 6.45) is 8.68. The topological polar surface area (TPSA) is 93.1 Å². The third-order valence-electron chi connectivity index (χ3n) is 5.33. The maximum absolute atomic E-state index is 12.7. The van der Waals surface area contributed by atoms with Crippen LogP contribution in [0, 0.1) is 0 Å². The Labute approximate surface area is 180 Å². The van der Waals surface area contributed by atoms with E-state index in [-0.39, 0.29) is 17.6 Å². The zero-order chi connectivity index (χ0) is 21.6. The molecule has 0 unspecified atom stereocenters. The number of ketones is 1. The van der Waals surface area contributed by atoms with Crippen LogP contribution in [0.4, 0.5) is 11.4 Å². The molecule has 0 spiro atoms. The summed E-state index contributed by atoms with van der Waals surface area (Å²) in [5.41, 5.74) is 3.39. The lowest BCUT2D eigenvalue weighted by Gasteiger charge is -2.11. The smallest absolute Gasteiger partial charge is 0.255 e. The van der Waals surface area contributed by atoms with Crippen LogP contribution in [0.25, 0.3) is 0 Å². The van der Waals surface area contributed by atoms with Gasteiger partial charge < -0.3 is 15.2 Å². The summed E-state index contributed by atoms with van der Waals surface area (Å²) in [6.45, 7) is 0.545. The zero-order valence-corrected chi connectivity index (χ0v) is 17.1. The van der Waals surface area contributed by atoms with Crippen LogP contribution in [0.3, 0.4) is 0 Å². The maximum Gasteiger partial charge on any atom is 0.255 e. The minimum Gasteiger partial charge on any atom is -0.337 e. The average molecular weight is 416 g/mol. The number of carbonyl (C=O) groups excluding carboxylic acids is 3. The summed E-state index contributed by atoms with van der Waals surface area (Å²) < 4.78 is 1.84. The molecule has 0 atom stereocenters. The van der Waals surface area contributed by atoms with E-state index >= 15 is 0 Å². The Bertz CT molecular complexity index is 1110. The fourth-order valence-corrected chi connectivity index (χ4v) is 3.70. The maximum atomic E-state index is 12.7. The number of nitrogens with zero attached hydrogens (tertiary/aromatic N) is 2. The fourth-order valence-electron chi connectivity index (χ4n) is 3.70. The number of aromatic nitrogens is 2. The highest BCUT2D eigenvalue weighted by atomic mass is 16.2. The van der Waals surface area contributed by atoms with Gasteiger partial charge in [0.05, 0.1) is 6.33 Å². The molecule has 3 aromatic rings. The van der Waals surface area contributed by atoms with Gasteiger partial charge in [-0.3, -0.25) is 14.4 Å². The number of aryl methyl sites for hydroxylation is 2. The van der Waals surface area contributed by atoms with E-state index < -0.39 is 0 Å². The zero-order valence-electron chi connectivity index (χ0n) is 17.1. The largest absolute Gasteiger partial charge is 0.337 e. The molecule has 2 aromatic carbocycles. The van der Waals surface area contributed by atoms with E-state index in [9.17, 15) is 14.4 Å². The molecule has 0 saturated heterocycles. The standard InChI is InChI=1S/C24H24N4O3/c29-22-7-2-1-4-17-14-18(8-9-21(17)22)24(31)27-20-6-3-5-19(15-20)26-23(30)10-12-28-13-11-25-16-28/h3,5-6,8-9,11,13-16H,1-2,4,7,10,12H2,(H,26,30)(H,27,31). The first kappa shape index (κ1) is 20.5. The van der Waals surface area contributed by atoms with Crippen molar-refractivity contribution in [2.45, 2.75) is 38.6 Å². The molecular formula is C24H24N4O3. The number of hydrogen-bond acceptors (Lipinski definition) is 4. The Hall–Kier alpha value is -3.74. The van der Waals surface area contributed by atoms with Crippen molar-refractivity contribution in [2.24, 2.45) is 0 Å². The minimum absolute atomic E-state index is 0.118. The molecule has 1 aliphatic rings. The van der Waals surface area contributed by atoms with Crippen molar-refractivity contribution in [1.29, 1.82) is 0 Å². The first-order chi connectivity index (χ1) is 15.1. The quantitative estimate of drug-likeness (QED) is 0.592. The molecule has 1 aliphatic carbocycles. The number of benzene rings is 2. The van der Waals surface area contributed by atoms with Gasteiger partial charge in [0, 0.05) is 54.3 Å². The average Bonchev–Trinajstić information content (AvgIpc) is 3.22. The van der Waals surface area contributed by atoms with E-state index in [0.29, 0.717) is 36.3 Å². The predicted octanol–water partition coefficient (Wildman–Crippen LogP) is 4.07. The van der Waals surface area contributed by atoms with Crippen LogP contribution in [0.15, 0.2) is 61.2 Å². The Balaban J connectivity index is 1.39. The van der Waals surface area contributed by atoms with E-state index in [0.717, 1.165) is 30.4 Å². The predicted molar refractivity (Wildman–Crippen MR) is 118 cm³/mol. The fraction of sp³-hybridized carbons (Fsp3) is 0.250. The van der Waals surface area contributed by atoms with Crippen molar-refractivity contribution in [3.63, 3.8) is 0 Å². The third-order valence-corrected chi connectivity index (χ3v) is 5.33. The second-order valence-electron chi connectivity index (χ2n) is 7.64. The van der Waals surface area contributed by atoms with Gasteiger partial charge >= 0.3 is 0 Å². The van der Waals surface area contributed by atoms with E-state index in [1.165, 1.54) is 0 Å². The molecular weight excluding hydrogens is 392 g/mol. The van der Waals surface area contributed by atoms with Crippen LogP contribution in [-0.2, 0) is 17.8 Å². The summed E-state index contributed by atoms with van der Waals surface area (Å²) >= 11 is 0. The summed E-state index contributed by atoms with van der Waals surface area (Å²) in [7, 11) is 0. The van der Waals surface area contributed by atoms with Gasteiger partial charge in [-0.1, -0.05) is 12.1 Å². The highest BCUT2D eigenvalue weighted by molar-refractivity contribution is 6.06. The summed E-state index contributed by atoms with van der Waals surface area (Å²) in [5, 5.41) is 5.72. The summed E-state index contributed by atoms with van der Waals surface area (Å²) in [6, 6.07) is 12.3. The van der Waals surface area contributed by atoms with E-state index in [2.05, 4.69) is 15.6 Å². The SMILES string of the molecule is O=C(CCn1ccnc1)Nc1cccc(NC(=O)c2ccc3c(c2)CCCCC3=O)c1. The number of hydrogen-bond donors (Lipinski definition) is 2. The molecule has 7 nitrogen and oxygen atoms in total. The first-order valence-electron chi connectivity index (χ1n) is 10.4. The monoisotopic (exact) mass is 416 g/mol. The van der Waals surface area contributed by atoms with Gasteiger partial charge in [0.1, 0.15) is 0 Å². The van der Waals surface area contributed by atoms with Crippen LogP contribution >= 0.6 is 0 Å². The Kier molecular flexibility index (Phi) is 6.21. The molecule has 31 heavy (non-hydrogen) atoms. The molecule has 1 aromatic heterocycles. The molecule has 7 heteroatoms. The van der Waals surface area contributed by atoms with Crippen molar-refractivity contribution in [3.8, 4) is 0 Å². The molecule has 0 radical (unpaired) electrons. The number of Topliss-reactive ketones (excluding diaryl/α,β-unsaturated/α-hetero) is 1. The number of carbonyl (C=O) groups is 3. The Morgan fingerprint density at radius 2 is 1.81 bits per heavy atom. The van der Waals surface area contributed by atoms with E-state index in [4.69, 9.17) is 0 Å². The van der Waals surface area contributed by atoms with Crippen LogP contribution in [0.2, 0.25) is 0 Å². The van der Waals surface area contributed by atoms with Crippen LogP contribution < -0.4 is 10.6 Å². The molecule has 4 rings (SSSR count). The van der Waals surface area contributed by atoms with Gasteiger partial charge in [-0.15, -0.1) is 0 Å². The van der Waals surface area contributed by atoms with Gasteiger partial charge in [-0.05, 0) is 55.2 Å². The molecule has 0 bridgehead atoms. The van der Waals surface area contributed by atoms with Gasteiger partial charge in [0.25, 0.3) is 5.91 Å². The van der Waals surface area contributed by atoms with Crippen LogP contribution in [-0.4, -0.2) is 27.1 Å². The Morgan fingerprint density at radius 1 is 1.00 bits per heavy atom. The van der Waals surface area contributed by atoms with Crippen molar-refractivity contribution in [1.82, 2.24) is 9.55 Å². The van der Waals surface area contributed by atoms with E-state index in [1.54, 1.807) is 48.9 Å². The summed E-state index contributed by atoms with van der Waals surface area (Å²) in [4.78, 5) is 41.1. The molecule has 2 amide bonds. The lowest BCUT2D eigenvalue weighted by Crippen LogP contribution is -2.15. The van der Waals surface area contributed by atoms with Gasteiger partial charge in [0.15, 0.2) is 5.78 Å². The number of fused-ring (bicyclic) bond motifs is 1. The van der Waals surface area contributed by atoms with E-state index in [1.807, 2.05) is 16.8 Å². The van der Waals surface area contributed by atoms with Crippen molar-refractivity contribution in [3.05, 3.63) is 77.9 Å². The van der Waals surface area contributed by atoms with Crippen molar-refractivity contribution in [2.75, 3.05) is 10.6 Å². The number of nitrogens with one attached hydrogen (secondary N) is 2. The van der Waals surface area contributed by atoms with Gasteiger partial charge in [-0.25, -0.2) is 4.98 Å². The number of imidazole rings is 1. The van der Waals surface area contributed by atoms with Gasteiger partial charge in [0.2, 0.25) is 5.91 Å². The Morgan fingerprint density at radius 3 is 2.61 bits per heavy atom. The number of rotatable bonds is 6. The normalized spacial score (nSPS) is 13.2. The molecule has 2 N–H and O–H groups in total. The second kappa shape index (κ2) is 9.38. The summed E-state index contributed by atoms with van der Waals surface area (Å²) in [5.74, 6) is -0.216. The van der Waals surface area contributed by atoms with Crippen molar-refractivity contribution < 1.29 is 14.4 Å². The molecule has 1 heterocycles. The molecule has 0 fully saturated rings. The lowest BCUT2D eigenvalue weighted by atomic mass is 9.99. The molecule has 158 valence electrons. The highest BCUT2D eigenvalue weighted by Gasteiger charge is 2.17.